The Labute approximate surface area is 193 Å². The number of carbonyl (C=O) groups excluding carboxylic acids is 1. The lowest BCUT2D eigenvalue weighted by Crippen LogP contribution is -2.45. The molecule has 1 saturated heterocycles. The van der Waals surface area contributed by atoms with Gasteiger partial charge in [-0.05, 0) is 38.4 Å². The van der Waals surface area contributed by atoms with Crippen molar-refractivity contribution >= 4 is 22.8 Å². The van der Waals surface area contributed by atoms with Crippen molar-refractivity contribution in [2.45, 2.75) is 38.1 Å². The zero-order valence-corrected chi connectivity index (χ0v) is 19.4. The normalized spacial score (nSPS) is 15.7. The Morgan fingerprint density at radius 2 is 1.94 bits per heavy atom. The van der Waals surface area contributed by atoms with Gasteiger partial charge in [-0.25, -0.2) is 15.0 Å². The fraction of sp³-hybridized carbons (Fsp3) is 0.458. The van der Waals surface area contributed by atoms with Gasteiger partial charge >= 0.3 is 0 Å². The summed E-state index contributed by atoms with van der Waals surface area (Å²) >= 11 is 0. The predicted molar refractivity (Wildman–Crippen MR) is 129 cm³/mol. The first-order valence-corrected chi connectivity index (χ1v) is 11.5. The summed E-state index contributed by atoms with van der Waals surface area (Å²) in [6.45, 7) is 4.68. The molecule has 0 bridgehead atoms. The third kappa shape index (κ3) is 5.03. The molecule has 1 amide bonds. The summed E-state index contributed by atoms with van der Waals surface area (Å²) in [5.41, 5.74) is 1.13. The highest BCUT2D eigenvalue weighted by Gasteiger charge is 2.26. The Bertz CT molecular complexity index is 1150. The minimum Gasteiger partial charge on any atom is -0.355 e. The largest absolute Gasteiger partial charge is 0.355 e. The van der Waals surface area contributed by atoms with Crippen LogP contribution in [0.25, 0.3) is 10.9 Å². The van der Waals surface area contributed by atoms with Gasteiger partial charge in [0.2, 0.25) is 5.95 Å². The van der Waals surface area contributed by atoms with Crippen LogP contribution >= 0.6 is 0 Å². The van der Waals surface area contributed by atoms with Crippen LogP contribution < -0.4 is 15.8 Å². The Morgan fingerprint density at radius 3 is 2.61 bits per heavy atom. The van der Waals surface area contributed by atoms with Crippen LogP contribution in [0, 0.1) is 0 Å². The molecule has 4 rings (SSSR count). The van der Waals surface area contributed by atoms with E-state index in [4.69, 9.17) is 4.98 Å². The maximum absolute atomic E-state index is 12.5. The number of carbonyl (C=O) groups is 1. The summed E-state index contributed by atoms with van der Waals surface area (Å²) in [6.07, 6.45) is 6.03. The Kier molecular flexibility index (Phi) is 6.98. The van der Waals surface area contributed by atoms with Gasteiger partial charge in [-0.1, -0.05) is 19.1 Å². The van der Waals surface area contributed by atoms with Gasteiger partial charge in [-0.2, -0.15) is 0 Å². The molecule has 3 heterocycles. The molecule has 0 saturated carbocycles. The molecule has 9 heteroatoms. The second-order valence-electron chi connectivity index (χ2n) is 8.58. The first kappa shape index (κ1) is 22.8. The van der Waals surface area contributed by atoms with Crippen molar-refractivity contribution in [3.05, 3.63) is 58.4 Å². The molecule has 1 fully saturated rings. The van der Waals surface area contributed by atoms with Crippen molar-refractivity contribution in [3.8, 4) is 0 Å². The second-order valence-corrected chi connectivity index (χ2v) is 8.58. The quantitative estimate of drug-likeness (QED) is 0.569. The number of amides is 1. The lowest BCUT2D eigenvalue weighted by Gasteiger charge is -2.37. The number of likely N-dealkylation sites (N-methyl/N-ethyl adjacent to an activating group) is 1. The van der Waals surface area contributed by atoms with Crippen LogP contribution in [0.15, 0.2) is 41.5 Å². The SMILES string of the molecule is CCC(CN(C)C1CCN(c2ncc(C(=O)NC)cn2)CC1)c1nc2ccccc2c(=O)[nH]1. The van der Waals surface area contributed by atoms with E-state index in [1.165, 1.54) is 0 Å². The molecule has 3 aromatic rings. The van der Waals surface area contributed by atoms with Crippen molar-refractivity contribution in [2.75, 3.05) is 38.6 Å². The molecule has 0 radical (unpaired) electrons. The minimum atomic E-state index is -0.186. The number of aromatic amines is 1. The van der Waals surface area contributed by atoms with E-state index in [2.05, 4.69) is 44.0 Å². The zero-order valence-electron chi connectivity index (χ0n) is 19.4. The van der Waals surface area contributed by atoms with Gasteiger partial charge < -0.3 is 20.1 Å². The van der Waals surface area contributed by atoms with Crippen molar-refractivity contribution in [1.82, 2.24) is 30.2 Å². The number of nitrogens with one attached hydrogen (secondary N) is 2. The molecule has 1 aliphatic heterocycles. The molecule has 33 heavy (non-hydrogen) atoms. The first-order valence-electron chi connectivity index (χ1n) is 11.5. The highest BCUT2D eigenvalue weighted by Crippen LogP contribution is 2.23. The van der Waals surface area contributed by atoms with E-state index in [1.807, 2.05) is 24.3 Å². The lowest BCUT2D eigenvalue weighted by atomic mass is 10.00. The van der Waals surface area contributed by atoms with Crippen molar-refractivity contribution in [2.24, 2.45) is 0 Å². The van der Waals surface area contributed by atoms with Crippen LogP contribution in [0.5, 0.6) is 0 Å². The minimum absolute atomic E-state index is 0.0764. The average molecular weight is 450 g/mol. The maximum Gasteiger partial charge on any atom is 0.258 e. The highest BCUT2D eigenvalue weighted by molar-refractivity contribution is 5.93. The third-order valence-corrected chi connectivity index (χ3v) is 6.52. The third-order valence-electron chi connectivity index (χ3n) is 6.52. The number of hydrogen-bond donors (Lipinski definition) is 2. The Morgan fingerprint density at radius 1 is 1.24 bits per heavy atom. The molecule has 2 aromatic heterocycles. The molecule has 9 nitrogen and oxygen atoms in total. The number of aromatic nitrogens is 4. The van der Waals surface area contributed by atoms with Gasteiger partial charge in [0, 0.05) is 51.0 Å². The van der Waals surface area contributed by atoms with Crippen LogP contribution in [-0.4, -0.2) is 70.5 Å². The average Bonchev–Trinajstić information content (AvgIpc) is 2.86. The summed E-state index contributed by atoms with van der Waals surface area (Å²) in [4.78, 5) is 45.2. The summed E-state index contributed by atoms with van der Waals surface area (Å²) in [5.74, 6) is 1.39. The Balaban J connectivity index is 1.38. The number of benzene rings is 1. The first-order chi connectivity index (χ1) is 16.0. The van der Waals surface area contributed by atoms with Gasteiger partial charge in [-0.3, -0.25) is 9.59 Å². The molecule has 1 unspecified atom stereocenters. The van der Waals surface area contributed by atoms with E-state index in [0.717, 1.165) is 50.2 Å². The number of para-hydroxylation sites is 1. The molecular weight excluding hydrogens is 418 g/mol. The fourth-order valence-electron chi connectivity index (χ4n) is 4.46. The summed E-state index contributed by atoms with van der Waals surface area (Å²) < 4.78 is 0. The van der Waals surface area contributed by atoms with Crippen molar-refractivity contribution in [3.63, 3.8) is 0 Å². The van der Waals surface area contributed by atoms with E-state index in [9.17, 15) is 9.59 Å². The number of H-pyrrole nitrogens is 1. The van der Waals surface area contributed by atoms with Crippen LogP contribution in [0.3, 0.4) is 0 Å². The van der Waals surface area contributed by atoms with Crippen LogP contribution in [0.1, 0.15) is 48.3 Å². The van der Waals surface area contributed by atoms with Gasteiger partial charge in [0.25, 0.3) is 11.5 Å². The van der Waals surface area contributed by atoms with Crippen LogP contribution in [-0.2, 0) is 0 Å². The van der Waals surface area contributed by atoms with Gasteiger partial charge in [-0.15, -0.1) is 0 Å². The molecule has 174 valence electrons. The number of fused-ring (bicyclic) bond motifs is 1. The number of anilines is 1. The standard InChI is InChI=1S/C24H31N7O2/c1-4-16(21-28-20-8-6-5-7-19(20)23(33)29-21)15-30(3)18-9-11-31(12-10-18)24-26-13-17(14-27-24)22(32)25-2/h5-8,13-14,16,18H,4,9-12,15H2,1-3H3,(H,25,32)(H,28,29,33). The summed E-state index contributed by atoms with van der Waals surface area (Å²) in [5, 5.41) is 3.21. The molecule has 1 aliphatic rings. The highest BCUT2D eigenvalue weighted by atomic mass is 16.1. The predicted octanol–water partition coefficient (Wildman–Crippen LogP) is 2.17. The smallest absolute Gasteiger partial charge is 0.258 e. The molecule has 1 atom stereocenters. The van der Waals surface area contributed by atoms with Crippen molar-refractivity contribution < 1.29 is 4.79 Å². The number of rotatable bonds is 7. The van der Waals surface area contributed by atoms with Gasteiger partial charge in [0.15, 0.2) is 0 Å². The van der Waals surface area contributed by atoms with Gasteiger partial charge in [0.1, 0.15) is 5.82 Å². The molecule has 2 N–H and O–H groups in total. The zero-order chi connectivity index (χ0) is 23.4. The lowest BCUT2D eigenvalue weighted by molar-refractivity contribution is 0.0962. The van der Waals surface area contributed by atoms with E-state index in [-0.39, 0.29) is 17.4 Å². The molecular formula is C24H31N7O2. The number of piperidine rings is 1. The van der Waals surface area contributed by atoms with Crippen molar-refractivity contribution in [1.29, 1.82) is 0 Å². The van der Waals surface area contributed by atoms with Crippen LogP contribution in [0.4, 0.5) is 5.95 Å². The molecule has 0 aliphatic carbocycles. The number of nitrogens with zero attached hydrogens (tertiary/aromatic N) is 5. The van der Waals surface area contributed by atoms with E-state index >= 15 is 0 Å². The Hall–Kier alpha value is -3.33. The van der Waals surface area contributed by atoms with Gasteiger partial charge in [0.05, 0.1) is 16.5 Å². The van der Waals surface area contributed by atoms with E-state index in [1.54, 1.807) is 19.4 Å². The fourth-order valence-corrected chi connectivity index (χ4v) is 4.46. The molecule has 1 aromatic carbocycles. The van der Waals surface area contributed by atoms with Crippen LogP contribution in [0.2, 0.25) is 0 Å². The van der Waals surface area contributed by atoms with E-state index in [0.29, 0.717) is 22.9 Å². The number of hydrogen-bond acceptors (Lipinski definition) is 7. The maximum atomic E-state index is 12.5. The monoisotopic (exact) mass is 449 g/mol. The topological polar surface area (TPSA) is 107 Å². The summed E-state index contributed by atoms with van der Waals surface area (Å²) in [7, 11) is 3.74. The second kappa shape index (κ2) is 10.1. The molecule has 0 spiro atoms. The van der Waals surface area contributed by atoms with E-state index < -0.39 is 0 Å². The summed E-state index contributed by atoms with van der Waals surface area (Å²) in [6, 6.07) is 7.91.